The molecule has 0 unspecified atom stereocenters. The van der Waals surface area contributed by atoms with E-state index >= 15 is 0 Å². The van der Waals surface area contributed by atoms with E-state index in [1.54, 1.807) is 12.4 Å². The second kappa shape index (κ2) is 7.70. The van der Waals surface area contributed by atoms with Crippen molar-refractivity contribution in [2.45, 2.75) is 64.1 Å². The summed E-state index contributed by atoms with van der Waals surface area (Å²) in [5.74, 6) is 0.118. The fourth-order valence-electron chi connectivity index (χ4n) is 3.98. The van der Waals surface area contributed by atoms with Crippen molar-refractivity contribution < 1.29 is 14.3 Å². The third-order valence-corrected chi connectivity index (χ3v) is 5.45. The first kappa shape index (κ1) is 20.3. The molecule has 4 rings (SSSR count). The first-order valence-corrected chi connectivity index (χ1v) is 10.4. The molecule has 2 N–H and O–H groups in total. The van der Waals surface area contributed by atoms with Crippen LogP contribution in [0.4, 0.5) is 10.6 Å². The Morgan fingerprint density at radius 3 is 2.20 bits per heavy atom. The van der Waals surface area contributed by atoms with Crippen molar-refractivity contribution in [2.75, 3.05) is 18.0 Å². The Morgan fingerprint density at radius 1 is 1.03 bits per heavy atom. The molecule has 0 radical (unpaired) electrons. The Bertz CT molecular complexity index is 961. The third-order valence-electron chi connectivity index (χ3n) is 5.45. The molecule has 0 spiro atoms. The van der Waals surface area contributed by atoms with Gasteiger partial charge < -0.3 is 20.3 Å². The topological polar surface area (TPSA) is 115 Å². The lowest BCUT2D eigenvalue weighted by Crippen LogP contribution is -2.50. The third kappa shape index (κ3) is 4.15. The summed E-state index contributed by atoms with van der Waals surface area (Å²) in [6, 6.07) is 0.432. The quantitative estimate of drug-likeness (QED) is 0.820. The Kier molecular flexibility index (Phi) is 5.21. The number of nitrogens with zero attached hydrogens (tertiary/aromatic N) is 5. The van der Waals surface area contributed by atoms with E-state index < -0.39 is 11.5 Å². The summed E-state index contributed by atoms with van der Waals surface area (Å²) in [5.41, 5.74) is 6.25. The summed E-state index contributed by atoms with van der Waals surface area (Å²) >= 11 is 0. The van der Waals surface area contributed by atoms with Crippen molar-refractivity contribution >= 4 is 28.9 Å². The molecular formula is C21H28N6O3. The molecule has 2 aliphatic rings. The molecule has 2 amide bonds. The van der Waals surface area contributed by atoms with Gasteiger partial charge in [-0.2, -0.15) is 0 Å². The van der Waals surface area contributed by atoms with Crippen LogP contribution in [0.3, 0.4) is 0 Å². The average Bonchev–Trinajstić information content (AvgIpc) is 3.51. The van der Waals surface area contributed by atoms with E-state index in [0.29, 0.717) is 16.9 Å². The second-order valence-electron chi connectivity index (χ2n) is 8.95. The van der Waals surface area contributed by atoms with E-state index in [1.807, 2.05) is 25.7 Å². The molecule has 9 nitrogen and oxygen atoms in total. The minimum atomic E-state index is -0.573. The van der Waals surface area contributed by atoms with Crippen molar-refractivity contribution in [3.63, 3.8) is 0 Å². The van der Waals surface area contributed by atoms with Gasteiger partial charge in [-0.3, -0.25) is 9.78 Å². The predicted octanol–water partition coefficient (Wildman–Crippen LogP) is 2.49. The minimum Gasteiger partial charge on any atom is -0.444 e. The molecular weight excluding hydrogens is 384 g/mol. The number of carbonyl (C=O) groups is 2. The lowest BCUT2D eigenvalue weighted by atomic mass is 10.0. The lowest BCUT2D eigenvalue weighted by molar-refractivity contribution is 0.0113. The van der Waals surface area contributed by atoms with Crippen LogP contribution in [-0.4, -0.2) is 62.6 Å². The zero-order valence-corrected chi connectivity index (χ0v) is 17.7. The normalized spacial score (nSPS) is 17.8. The number of amides is 2. The number of hydrogen-bond acceptors (Lipinski definition) is 7. The molecule has 0 bridgehead atoms. The highest BCUT2D eigenvalue weighted by molar-refractivity contribution is 6.05. The Hall–Kier alpha value is -2.97. The van der Waals surface area contributed by atoms with Gasteiger partial charge in [-0.1, -0.05) is 0 Å². The number of rotatable bonds is 4. The van der Waals surface area contributed by atoms with Crippen molar-refractivity contribution in [3.8, 4) is 0 Å². The molecule has 2 aromatic heterocycles. The zero-order chi connectivity index (χ0) is 21.5. The molecule has 30 heavy (non-hydrogen) atoms. The highest BCUT2D eigenvalue weighted by Crippen LogP contribution is 2.34. The first-order valence-electron chi connectivity index (χ1n) is 10.4. The fraction of sp³-hybridized carbons (Fsp3) is 0.571. The van der Waals surface area contributed by atoms with Crippen molar-refractivity contribution in [1.29, 1.82) is 0 Å². The molecule has 160 valence electrons. The number of piperidine rings is 1. The highest BCUT2D eigenvalue weighted by Gasteiger charge is 2.41. The molecule has 0 aromatic carbocycles. The van der Waals surface area contributed by atoms with Crippen LogP contribution < -0.4 is 10.6 Å². The molecule has 0 atom stereocenters. The Labute approximate surface area is 175 Å². The van der Waals surface area contributed by atoms with Gasteiger partial charge in [0.15, 0.2) is 5.82 Å². The van der Waals surface area contributed by atoms with E-state index in [0.717, 1.165) is 38.8 Å². The van der Waals surface area contributed by atoms with Crippen LogP contribution in [0, 0.1) is 0 Å². The SMILES string of the molecule is CC(C)(C)OC(=O)N(C1CC1)C1CCN(c2ncc(C(N)=O)c3nccnc23)CC1. The predicted molar refractivity (Wildman–Crippen MR) is 112 cm³/mol. The van der Waals surface area contributed by atoms with E-state index in [4.69, 9.17) is 10.5 Å². The van der Waals surface area contributed by atoms with Gasteiger partial charge in [0.05, 0.1) is 5.56 Å². The molecule has 3 heterocycles. The number of nitrogens with two attached hydrogens (primary N) is 1. The van der Waals surface area contributed by atoms with Crippen LogP contribution in [0.2, 0.25) is 0 Å². The van der Waals surface area contributed by atoms with Gasteiger partial charge >= 0.3 is 6.09 Å². The van der Waals surface area contributed by atoms with E-state index in [-0.39, 0.29) is 23.7 Å². The van der Waals surface area contributed by atoms with Crippen molar-refractivity contribution in [3.05, 3.63) is 24.2 Å². The number of fused-ring (bicyclic) bond motifs is 1. The first-order chi connectivity index (χ1) is 14.2. The molecule has 1 aliphatic carbocycles. The maximum atomic E-state index is 12.8. The van der Waals surface area contributed by atoms with E-state index in [9.17, 15) is 9.59 Å². The summed E-state index contributed by atoms with van der Waals surface area (Å²) in [7, 11) is 0. The largest absolute Gasteiger partial charge is 0.444 e. The van der Waals surface area contributed by atoms with Crippen LogP contribution in [0.5, 0.6) is 0 Å². The lowest BCUT2D eigenvalue weighted by Gasteiger charge is -2.39. The van der Waals surface area contributed by atoms with Gasteiger partial charge in [0, 0.05) is 43.8 Å². The van der Waals surface area contributed by atoms with Crippen LogP contribution in [0.1, 0.15) is 56.8 Å². The summed E-state index contributed by atoms with van der Waals surface area (Å²) in [4.78, 5) is 41.7. The number of hydrogen-bond donors (Lipinski definition) is 1. The van der Waals surface area contributed by atoms with E-state index in [1.165, 1.54) is 6.20 Å². The van der Waals surface area contributed by atoms with Gasteiger partial charge in [-0.05, 0) is 46.5 Å². The molecule has 1 aliphatic heterocycles. The average molecular weight is 412 g/mol. The highest BCUT2D eigenvalue weighted by atomic mass is 16.6. The number of carbonyl (C=O) groups excluding carboxylic acids is 2. The Morgan fingerprint density at radius 2 is 1.63 bits per heavy atom. The number of anilines is 1. The fourth-order valence-corrected chi connectivity index (χ4v) is 3.98. The number of pyridine rings is 1. The second-order valence-corrected chi connectivity index (χ2v) is 8.95. The molecule has 2 aromatic rings. The Balaban J connectivity index is 1.51. The zero-order valence-electron chi connectivity index (χ0n) is 17.7. The maximum absolute atomic E-state index is 12.8. The van der Waals surface area contributed by atoms with Crippen LogP contribution >= 0.6 is 0 Å². The van der Waals surface area contributed by atoms with Crippen molar-refractivity contribution in [1.82, 2.24) is 19.9 Å². The monoisotopic (exact) mass is 412 g/mol. The summed E-state index contributed by atoms with van der Waals surface area (Å²) < 4.78 is 5.66. The van der Waals surface area contributed by atoms with Crippen molar-refractivity contribution in [2.24, 2.45) is 5.73 Å². The van der Waals surface area contributed by atoms with E-state index in [2.05, 4.69) is 19.9 Å². The summed E-state index contributed by atoms with van der Waals surface area (Å²) in [6.07, 6.45) is 8.09. The van der Waals surface area contributed by atoms with Gasteiger partial charge in [-0.15, -0.1) is 0 Å². The van der Waals surface area contributed by atoms with Gasteiger partial charge in [0.25, 0.3) is 5.91 Å². The number of aromatic nitrogens is 3. The minimum absolute atomic E-state index is 0.144. The molecule has 1 saturated heterocycles. The van der Waals surface area contributed by atoms with Crippen LogP contribution in [-0.2, 0) is 4.74 Å². The standard InChI is InChI=1S/C21H28N6O3/c1-21(2,3)30-20(29)27(13-4-5-13)14-6-10-26(11-7-14)19-17-16(23-8-9-24-17)15(12-25-19)18(22)28/h8-9,12-14H,4-7,10-11H2,1-3H3,(H2,22,28). The number of ether oxygens (including phenoxy) is 1. The maximum Gasteiger partial charge on any atom is 0.410 e. The molecule has 9 heteroatoms. The molecule has 2 fully saturated rings. The smallest absolute Gasteiger partial charge is 0.410 e. The van der Waals surface area contributed by atoms with Crippen LogP contribution in [0.15, 0.2) is 18.6 Å². The number of primary amides is 1. The van der Waals surface area contributed by atoms with Gasteiger partial charge in [0.1, 0.15) is 16.6 Å². The molecule has 1 saturated carbocycles. The van der Waals surface area contributed by atoms with Gasteiger partial charge in [0.2, 0.25) is 0 Å². The summed E-state index contributed by atoms with van der Waals surface area (Å²) in [6.45, 7) is 7.14. The summed E-state index contributed by atoms with van der Waals surface area (Å²) in [5, 5.41) is 0. The van der Waals surface area contributed by atoms with Crippen LogP contribution in [0.25, 0.3) is 11.0 Å². The van der Waals surface area contributed by atoms with Gasteiger partial charge in [-0.25, -0.2) is 14.8 Å².